The highest BCUT2D eigenvalue weighted by atomic mass is 28.4. The molecule has 28 heavy (non-hydrogen) atoms. The molecular formula is C20H40O6Si2. The predicted molar refractivity (Wildman–Crippen MR) is 115 cm³/mol. The molecule has 1 fully saturated rings. The normalized spacial score (nSPS) is 27.6. The van der Waals surface area contributed by atoms with E-state index in [9.17, 15) is 14.7 Å². The maximum atomic E-state index is 13.3. The van der Waals surface area contributed by atoms with Crippen molar-refractivity contribution in [3.05, 3.63) is 0 Å². The SMILES string of the molecule is COC(=O)C1(O)C[C@H](O[Si](C)(C)C(C)(C)C)C(=O)[C@H](O[Si](C)(C)C(C)(C)C)C1. The van der Waals surface area contributed by atoms with Gasteiger partial charge in [0.25, 0.3) is 0 Å². The Morgan fingerprint density at radius 3 is 1.50 bits per heavy atom. The van der Waals surface area contributed by atoms with Crippen LogP contribution in [-0.2, 0) is 23.2 Å². The van der Waals surface area contributed by atoms with Crippen molar-refractivity contribution >= 4 is 28.4 Å². The van der Waals surface area contributed by atoms with Crippen LogP contribution in [0.2, 0.25) is 36.3 Å². The van der Waals surface area contributed by atoms with E-state index in [2.05, 4.69) is 67.7 Å². The van der Waals surface area contributed by atoms with Gasteiger partial charge in [0.05, 0.1) is 7.11 Å². The van der Waals surface area contributed by atoms with Crippen molar-refractivity contribution in [2.75, 3.05) is 7.11 Å². The van der Waals surface area contributed by atoms with E-state index in [4.69, 9.17) is 13.6 Å². The Bertz CT molecular complexity index is 561. The fraction of sp³-hybridized carbons (Fsp3) is 0.900. The average Bonchev–Trinajstić information content (AvgIpc) is 2.48. The van der Waals surface area contributed by atoms with Gasteiger partial charge < -0.3 is 18.7 Å². The topological polar surface area (TPSA) is 82.1 Å². The molecule has 0 aromatic heterocycles. The molecule has 1 unspecified atom stereocenters. The fourth-order valence-corrected chi connectivity index (χ4v) is 5.25. The Balaban J connectivity index is 3.27. The van der Waals surface area contributed by atoms with Crippen LogP contribution in [0.4, 0.5) is 0 Å². The first-order chi connectivity index (χ1) is 12.3. The van der Waals surface area contributed by atoms with Gasteiger partial charge in [-0.3, -0.25) is 4.79 Å². The van der Waals surface area contributed by atoms with E-state index in [1.807, 2.05) is 0 Å². The highest BCUT2D eigenvalue weighted by molar-refractivity contribution is 6.74. The average molecular weight is 433 g/mol. The predicted octanol–water partition coefficient (Wildman–Crippen LogP) is 4.03. The maximum absolute atomic E-state index is 13.3. The van der Waals surface area contributed by atoms with Crippen LogP contribution >= 0.6 is 0 Å². The Hall–Kier alpha value is -0.546. The van der Waals surface area contributed by atoms with Gasteiger partial charge in [-0.15, -0.1) is 0 Å². The zero-order valence-electron chi connectivity index (χ0n) is 19.6. The van der Waals surface area contributed by atoms with Crippen LogP contribution in [-0.4, -0.2) is 58.4 Å². The lowest BCUT2D eigenvalue weighted by Crippen LogP contribution is -2.60. The number of methoxy groups -OCH3 is 1. The standard InChI is InChI=1S/C20H40O6Si2/c1-18(2,3)27(8,9)25-14-12-20(23,17(22)24-7)13-15(16(14)21)26-28(10,11)19(4,5)6/h14-15,23H,12-13H2,1-11H3/t14-,15+,20?. The number of ether oxygens (including phenoxy) is 1. The summed E-state index contributed by atoms with van der Waals surface area (Å²) in [6.45, 7) is 20.7. The lowest BCUT2D eigenvalue weighted by Gasteiger charge is -2.46. The molecule has 0 aromatic carbocycles. The summed E-state index contributed by atoms with van der Waals surface area (Å²) >= 11 is 0. The molecule has 0 bridgehead atoms. The summed E-state index contributed by atoms with van der Waals surface area (Å²) < 4.78 is 17.5. The third-order valence-electron chi connectivity index (χ3n) is 6.73. The van der Waals surface area contributed by atoms with Gasteiger partial charge in [-0.25, -0.2) is 4.79 Å². The monoisotopic (exact) mass is 432 g/mol. The molecule has 164 valence electrons. The molecule has 0 saturated heterocycles. The van der Waals surface area contributed by atoms with Crippen LogP contribution in [0.3, 0.4) is 0 Å². The van der Waals surface area contributed by atoms with Gasteiger partial charge in [-0.05, 0) is 36.3 Å². The van der Waals surface area contributed by atoms with Crippen LogP contribution in [0.25, 0.3) is 0 Å². The van der Waals surface area contributed by atoms with Gasteiger partial charge in [0.2, 0.25) is 0 Å². The second kappa shape index (κ2) is 7.94. The lowest BCUT2D eigenvalue weighted by molar-refractivity contribution is -0.177. The van der Waals surface area contributed by atoms with Crippen molar-refractivity contribution in [1.82, 2.24) is 0 Å². The molecule has 1 aliphatic carbocycles. The van der Waals surface area contributed by atoms with E-state index in [-0.39, 0.29) is 28.7 Å². The summed E-state index contributed by atoms with van der Waals surface area (Å²) in [6.07, 6.45) is -1.95. The number of Topliss-reactive ketones (excluding diaryl/α,β-unsaturated/α-hetero) is 1. The third kappa shape index (κ3) is 5.33. The minimum atomic E-state index is -2.29. The molecular weight excluding hydrogens is 392 g/mol. The summed E-state index contributed by atoms with van der Waals surface area (Å²) in [5, 5.41) is 10.8. The largest absolute Gasteiger partial charge is 0.467 e. The molecule has 6 nitrogen and oxygen atoms in total. The molecule has 0 amide bonds. The Labute approximate surface area is 172 Å². The zero-order chi connectivity index (χ0) is 22.3. The number of rotatable bonds is 5. The van der Waals surface area contributed by atoms with Crippen molar-refractivity contribution in [2.45, 2.75) is 108 Å². The molecule has 1 saturated carbocycles. The van der Waals surface area contributed by atoms with Crippen LogP contribution in [0.5, 0.6) is 0 Å². The van der Waals surface area contributed by atoms with Crippen LogP contribution in [0.15, 0.2) is 0 Å². The molecule has 8 heteroatoms. The van der Waals surface area contributed by atoms with E-state index >= 15 is 0 Å². The van der Waals surface area contributed by atoms with Gasteiger partial charge in [-0.2, -0.15) is 0 Å². The molecule has 0 heterocycles. The molecule has 0 spiro atoms. The molecule has 1 N–H and O–H groups in total. The third-order valence-corrected chi connectivity index (χ3v) is 15.7. The van der Waals surface area contributed by atoms with Crippen molar-refractivity contribution in [1.29, 1.82) is 0 Å². The molecule has 0 aliphatic heterocycles. The summed E-state index contributed by atoms with van der Waals surface area (Å²) in [6, 6.07) is 0. The minimum Gasteiger partial charge on any atom is -0.467 e. The maximum Gasteiger partial charge on any atom is 0.338 e. The van der Waals surface area contributed by atoms with Crippen molar-refractivity contribution in [3.8, 4) is 0 Å². The van der Waals surface area contributed by atoms with Gasteiger partial charge in [-0.1, -0.05) is 41.5 Å². The molecule has 0 aromatic rings. The van der Waals surface area contributed by atoms with Crippen LogP contribution in [0, 0.1) is 0 Å². The number of carbonyl (C=O) groups excluding carboxylic acids is 2. The first kappa shape index (κ1) is 25.5. The smallest absolute Gasteiger partial charge is 0.338 e. The van der Waals surface area contributed by atoms with Crippen molar-refractivity contribution in [3.63, 3.8) is 0 Å². The van der Waals surface area contributed by atoms with E-state index in [0.717, 1.165) is 0 Å². The van der Waals surface area contributed by atoms with E-state index in [0.29, 0.717) is 0 Å². The van der Waals surface area contributed by atoms with Crippen molar-refractivity contribution in [2.24, 2.45) is 0 Å². The van der Waals surface area contributed by atoms with Crippen LogP contribution in [0.1, 0.15) is 54.4 Å². The fourth-order valence-electron chi connectivity index (χ4n) is 2.73. The van der Waals surface area contributed by atoms with Crippen LogP contribution < -0.4 is 0 Å². The number of esters is 1. The van der Waals surface area contributed by atoms with Crippen molar-refractivity contribution < 1.29 is 28.3 Å². The van der Waals surface area contributed by atoms with Gasteiger partial charge in [0.1, 0.15) is 12.2 Å². The molecule has 1 rings (SSSR count). The van der Waals surface area contributed by atoms with E-state index < -0.39 is 40.4 Å². The summed E-state index contributed by atoms with van der Waals surface area (Å²) in [5.41, 5.74) is -1.79. The number of carbonyl (C=O) groups is 2. The first-order valence-electron chi connectivity index (χ1n) is 9.97. The van der Waals surface area contributed by atoms with Gasteiger partial charge in [0, 0.05) is 12.8 Å². The number of hydrogen-bond acceptors (Lipinski definition) is 6. The Morgan fingerprint density at radius 2 is 1.25 bits per heavy atom. The molecule has 1 aliphatic rings. The summed E-state index contributed by atoms with van der Waals surface area (Å²) in [5.74, 6) is -0.920. The summed E-state index contributed by atoms with van der Waals surface area (Å²) in [4.78, 5) is 25.6. The number of aliphatic hydroxyl groups is 1. The second-order valence-electron chi connectivity index (χ2n) is 11.1. The lowest BCUT2D eigenvalue weighted by atomic mass is 9.80. The highest BCUT2D eigenvalue weighted by Crippen LogP contribution is 2.43. The number of ketones is 1. The molecule has 0 radical (unpaired) electrons. The van der Waals surface area contributed by atoms with Gasteiger partial charge in [0.15, 0.2) is 28.0 Å². The first-order valence-corrected chi connectivity index (χ1v) is 15.8. The quantitative estimate of drug-likeness (QED) is 0.522. The van der Waals surface area contributed by atoms with E-state index in [1.54, 1.807) is 0 Å². The summed E-state index contributed by atoms with van der Waals surface area (Å²) in [7, 11) is -3.35. The second-order valence-corrected chi connectivity index (χ2v) is 20.6. The number of hydrogen-bond donors (Lipinski definition) is 1. The Kier molecular flexibility index (Phi) is 7.23. The highest BCUT2D eigenvalue weighted by Gasteiger charge is 2.55. The van der Waals surface area contributed by atoms with Gasteiger partial charge >= 0.3 is 5.97 Å². The zero-order valence-corrected chi connectivity index (χ0v) is 21.6. The molecule has 3 atom stereocenters. The Morgan fingerprint density at radius 1 is 0.929 bits per heavy atom. The minimum absolute atomic E-state index is 0.0949. The van der Waals surface area contributed by atoms with E-state index in [1.165, 1.54) is 7.11 Å².